The van der Waals surface area contributed by atoms with Crippen LogP contribution in [0.1, 0.15) is 15.9 Å². The van der Waals surface area contributed by atoms with Gasteiger partial charge in [0, 0.05) is 27.7 Å². The van der Waals surface area contributed by atoms with Gasteiger partial charge in [-0.15, -0.1) is 0 Å². The molecule has 0 aliphatic rings. The van der Waals surface area contributed by atoms with Crippen LogP contribution in [0.2, 0.25) is 10.0 Å². The van der Waals surface area contributed by atoms with E-state index in [1.54, 1.807) is 22.8 Å². The molecule has 1 aromatic heterocycles. The zero-order valence-electron chi connectivity index (χ0n) is 13.4. The highest BCUT2D eigenvalue weighted by molar-refractivity contribution is 6.35. The third kappa shape index (κ3) is 5.05. The van der Waals surface area contributed by atoms with Crippen molar-refractivity contribution in [3.8, 4) is 5.75 Å². The van der Waals surface area contributed by atoms with E-state index in [-0.39, 0.29) is 12.3 Å². The van der Waals surface area contributed by atoms with E-state index in [4.69, 9.17) is 27.9 Å². The largest absolute Gasteiger partial charge is 0.488 e. The van der Waals surface area contributed by atoms with Crippen molar-refractivity contribution in [3.05, 3.63) is 94.2 Å². The molecule has 3 nitrogen and oxygen atoms in total. The summed E-state index contributed by atoms with van der Waals surface area (Å²) in [5.74, 6) is 0.686. The first-order chi connectivity index (χ1) is 12.1. The molecule has 0 atom stereocenters. The van der Waals surface area contributed by atoms with Gasteiger partial charge < -0.3 is 4.74 Å². The van der Waals surface area contributed by atoms with Gasteiger partial charge in [-0.2, -0.15) is 4.57 Å². The van der Waals surface area contributed by atoms with Crippen LogP contribution >= 0.6 is 23.2 Å². The number of hydrogen-bond acceptors (Lipinski definition) is 2. The second-order valence-corrected chi connectivity index (χ2v) is 6.43. The summed E-state index contributed by atoms with van der Waals surface area (Å²) >= 11 is 11.9. The third-order valence-corrected chi connectivity index (χ3v) is 4.06. The number of benzene rings is 2. The fourth-order valence-corrected chi connectivity index (χ4v) is 2.88. The lowest BCUT2D eigenvalue weighted by molar-refractivity contribution is -0.683. The average Bonchev–Trinajstić information content (AvgIpc) is 2.61. The van der Waals surface area contributed by atoms with E-state index in [1.165, 1.54) is 0 Å². The fourth-order valence-electron chi connectivity index (χ4n) is 2.36. The first-order valence-electron chi connectivity index (χ1n) is 7.75. The van der Waals surface area contributed by atoms with Gasteiger partial charge in [0.15, 0.2) is 12.4 Å². The number of halogens is 2. The normalized spacial score (nSPS) is 10.5. The Bertz CT molecular complexity index is 844. The van der Waals surface area contributed by atoms with Crippen LogP contribution in [-0.2, 0) is 13.2 Å². The molecule has 0 aliphatic heterocycles. The quantitative estimate of drug-likeness (QED) is 0.461. The van der Waals surface area contributed by atoms with E-state index in [0.29, 0.717) is 22.2 Å². The molecular weight excluding hydrogens is 357 g/mol. The van der Waals surface area contributed by atoms with Crippen LogP contribution in [0.3, 0.4) is 0 Å². The molecule has 2 aromatic carbocycles. The first-order valence-corrected chi connectivity index (χ1v) is 8.51. The summed E-state index contributed by atoms with van der Waals surface area (Å²) in [6.07, 6.45) is 3.62. The predicted molar refractivity (Wildman–Crippen MR) is 98.2 cm³/mol. The summed E-state index contributed by atoms with van der Waals surface area (Å²) in [7, 11) is 0. The molecule has 3 aromatic rings. The first kappa shape index (κ1) is 17.5. The molecular formula is C20H16Cl2NO2+. The number of Topliss-reactive ketones (excluding diaryl/α,β-unsaturated/α-hetero) is 1. The minimum Gasteiger partial charge on any atom is -0.488 e. The minimum absolute atomic E-state index is 0.0626. The summed E-state index contributed by atoms with van der Waals surface area (Å²) in [6, 6.07) is 18.5. The van der Waals surface area contributed by atoms with Crippen LogP contribution in [0.15, 0.2) is 73.1 Å². The number of ketones is 1. The van der Waals surface area contributed by atoms with Gasteiger partial charge >= 0.3 is 0 Å². The van der Waals surface area contributed by atoms with E-state index < -0.39 is 0 Å². The predicted octanol–water partition coefficient (Wildman–Crippen LogP) is 4.74. The summed E-state index contributed by atoms with van der Waals surface area (Å²) in [6.45, 7) is 0.709. The maximum absolute atomic E-state index is 12.3. The van der Waals surface area contributed by atoms with E-state index in [9.17, 15) is 4.79 Å². The average molecular weight is 373 g/mol. The van der Waals surface area contributed by atoms with Crippen LogP contribution in [0.4, 0.5) is 0 Å². The van der Waals surface area contributed by atoms with Gasteiger partial charge in [-0.25, -0.2) is 0 Å². The number of carbonyl (C=O) groups excluding carboxylic acids is 1. The molecule has 25 heavy (non-hydrogen) atoms. The Hall–Kier alpha value is -2.36. The number of carbonyl (C=O) groups is 1. The van der Waals surface area contributed by atoms with E-state index in [0.717, 1.165) is 11.3 Å². The van der Waals surface area contributed by atoms with Gasteiger partial charge in [-0.1, -0.05) is 53.5 Å². The molecule has 0 saturated carbocycles. The Kier molecular flexibility index (Phi) is 5.69. The molecule has 0 spiro atoms. The molecule has 0 aliphatic carbocycles. The van der Waals surface area contributed by atoms with Crippen LogP contribution < -0.4 is 9.30 Å². The van der Waals surface area contributed by atoms with Crippen molar-refractivity contribution >= 4 is 29.0 Å². The third-order valence-electron chi connectivity index (χ3n) is 3.62. The molecule has 0 radical (unpaired) electrons. The highest BCUT2D eigenvalue weighted by Gasteiger charge is 2.13. The number of rotatable bonds is 6. The van der Waals surface area contributed by atoms with Gasteiger partial charge in [0.2, 0.25) is 12.3 Å². The maximum Gasteiger partial charge on any atom is 0.227 e. The molecule has 0 amide bonds. The molecule has 0 N–H and O–H groups in total. The molecule has 0 unspecified atom stereocenters. The van der Waals surface area contributed by atoms with E-state index in [2.05, 4.69) is 0 Å². The summed E-state index contributed by atoms with van der Waals surface area (Å²) in [4.78, 5) is 12.3. The topological polar surface area (TPSA) is 30.2 Å². The number of pyridine rings is 1. The Morgan fingerprint density at radius 1 is 0.920 bits per heavy atom. The maximum atomic E-state index is 12.3. The molecule has 5 heteroatoms. The van der Waals surface area contributed by atoms with Crippen LogP contribution in [0.5, 0.6) is 5.75 Å². The van der Waals surface area contributed by atoms with Crippen molar-refractivity contribution in [2.24, 2.45) is 0 Å². The second kappa shape index (κ2) is 8.15. The summed E-state index contributed by atoms with van der Waals surface area (Å²) < 4.78 is 7.52. The smallest absolute Gasteiger partial charge is 0.227 e. The van der Waals surface area contributed by atoms with Gasteiger partial charge in [0.25, 0.3) is 0 Å². The van der Waals surface area contributed by atoms with Crippen molar-refractivity contribution in [1.29, 1.82) is 0 Å². The van der Waals surface area contributed by atoms with E-state index >= 15 is 0 Å². The molecule has 0 bridgehead atoms. The van der Waals surface area contributed by atoms with Crippen molar-refractivity contribution < 1.29 is 14.1 Å². The molecule has 3 rings (SSSR count). The van der Waals surface area contributed by atoms with E-state index in [1.807, 2.05) is 54.9 Å². The Labute approximate surface area is 156 Å². The van der Waals surface area contributed by atoms with Crippen LogP contribution in [0.25, 0.3) is 0 Å². The fraction of sp³-hybridized carbons (Fsp3) is 0.100. The van der Waals surface area contributed by atoms with Crippen molar-refractivity contribution in [2.45, 2.75) is 13.2 Å². The Morgan fingerprint density at radius 3 is 2.20 bits per heavy atom. The summed E-state index contributed by atoms with van der Waals surface area (Å²) in [5, 5.41) is 0.899. The number of ether oxygens (including phenoxy) is 1. The lowest BCUT2D eigenvalue weighted by atomic mass is 10.1. The monoisotopic (exact) mass is 372 g/mol. The highest BCUT2D eigenvalue weighted by Crippen LogP contribution is 2.19. The number of nitrogens with zero attached hydrogens (tertiary/aromatic N) is 1. The van der Waals surface area contributed by atoms with Gasteiger partial charge in [-0.05, 0) is 23.8 Å². The van der Waals surface area contributed by atoms with Crippen LogP contribution in [-0.4, -0.2) is 5.78 Å². The minimum atomic E-state index is -0.0626. The molecule has 126 valence electrons. The summed E-state index contributed by atoms with van der Waals surface area (Å²) in [5.41, 5.74) is 1.60. The molecule has 1 heterocycles. The molecule has 0 fully saturated rings. The highest BCUT2D eigenvalue weighted by atomic mass is 35.5. The van der Waals surface area contributed by atoms with Gasteiger partial charge in [0.1, 0.15) is 12.4 Å². The van der Waals surface area contributed by atoms with Gasteiger partial charge in [-0.3, -0.25) is 4.79 Å². The van der Waals surface area contributed by atoms with Crippen molar-refractivity contribution in [2.75, 3.05) is 0 Å². The molecule has 0 saturated heterocycles. The van der Waals surface area contributed by atoms with Crippen molar-refractivity contribution in [1.82, 2.24) is 0 Å². The number of aromatic nitrogens is 1. The van der Waals surface area contributed by atoms with Gasteiger partial charge in [0.05, 0.1) is 0 Å². The second-order valence-electron chi connectivity index (χ2n) is 5.56. The number of hydrogen-bond donors (Lipinski definition) is 0. The standard InChI is InChI=1S/C20H16Cl2NO2/c21-17-10-16(11-18(22)12-17)20(24)13-23-8-6-19(7-9-23)25-14-15-4-2-1-3-5-15/h1-12H,13-14H2/q+1. The van der Waals surface area contributed by atoms with Crippen molar-refractivity contribution in [3.63, 3.8) is 0 Å². The Morgan fingerprint density at radius 2 is 1.56 bits per heavy atom. The Balaban J connectivity index is 1.61. The van der Waals surface area contributed by atoms with Crippen LogP contribution in [0, 0.1) is 0 Å². The lowest BCUT2D eigenvalue weighted by Crippen LogP contribution is -2.37. The lowest BCUT2D eigenvalue weighted by Gasteiger charge is -2.05. The SMILES string of the molecule is O=C(C[n+]1ccc(OCc2ccccc2)cc1)c1cc(Cl)cc(Cl)c1. The zero-order chi connectivity index (χ0) is 17.6. The zero-order valence-corrected chi connectivity index (χ0v) is 14.9.